The van der Waals surface area contributed by atoms with Crippen molar-refractivity contribution in [1.82, 2.24) is 0 Å². The van der Waals surface area contributed by atoms with Crippen LogP contribution in [0.3, 0.4) is 0 Å². The molecule has 0 bridgehead atoms. The molecule has 3 aromatic carbocycles. The second-order valence-electron chi connectivity index (χ2n) is 5.99. The highest BCUT2D eigenvalue weighted by Gasteiger charge is 2.24. The molecule has 0 fully saturated rings. The Bertz CT molecular complexity index is 1100. The summed E-state index contributed by atoms with van der Waals surface area (Å²) in [6.45, 7) is 0. The van der Waals surface area contributed by atoms with Crippen LogP contribution in [0.1, 0.15) is 15.9 Å². The smallest absolute Gasteiger partial charge is 0.209 e. The Labute approximate surface area is 174 Å². The number of nitrogens with one attached hydrogen (secondary N) is 1. The van der Waals surface area contributed by atoms with Gasteiger partial charge in [0, 0.05) is 20.1 Å². The zero-order valence-corrected chi connectivity index (χ0v) is 17.3. The predicted octanol–water partition coefficient (Wildman–Crippen LogP) is 6.52. The quantitative estimate of drug-likeness (QED) is 0.462. The number of aliphatic imine (C=N–C) groups is 1. The van der Waals surface area contributed by atoms with Gasteiger partial charge in [-0.1, -0.05) is 48.5 Å². The minimum Gasteiger partial charge on any atom is -0.351 e. The molecule has 3 nitrogen and oxygen atoms in total. The van der Waals surface area contributed by atoms with Gasteiger partial charge in [-0.25, -0.2) is 4.99 Å². The average Bonchev–Trinajstić information content (AvgIpc) is 2.69. The van der Waals surface area contributed by atoms with E-state index in [0.717, 1.165) is 31.6 Å². The Morgan fingerprint density at radius 2 is 1.37 bits per heavy atom. The SMILES string of the molecule is O=C1C(Nc2ccccc2Br)=CC(=Nc2ccccc2Br)c2ccccc21. The number of carbonyl (C=O) groups is 1. The topological polar surface area (TPSA) is 41.5 Å². The number of benzene rings is 3. The van der Waals surface area contributed by atoms with Crippen molar-refractivity contribution in [3.63, 3.8) is 0 Å². The van der Waals surface area contributed by atoms with Crippen LogP contribution >= 0.6 is 31.9 Å². The molecule has 0 atom stereocenters. The molecule has 1 N–H and O–H groups in total. The largest absolute Gasteiger partial charge is 0.351 e. The van der Waals surface area contributed by atoms with Crippen molar-refractivity contribution in [3.05, 3.63) is 105 Å². The lowest BCUT2D eigenvalue weighted by atomic mass is 9.92. The zero-order chi connectivity index (χ0) is 18.8. The molecule has 0 radical (unpaired) electrons. The van der Waals surface area contributed by atoms with E-state index in [1.54, 1.807) is 0 Å². The van der Waals surface area contributed by atoms with Gasteiger partial charge >= 0.3 is 0 Å². The Kier molecular flexibility index (Phi) is 5.05. The van der Waals surface area contributed by atoms with E-state index < -0.39 is 0 Å². The first-order valence-electron chi connectivity index (χ1n) is 8.34. The van der Waals surface area contributed by atoms with E-state index in [9.17, 15) is 4.79 Å². The summed E-state index contributed by atoms with van der Waals surface area (Å²) >= 11 is 7.05. The summed E-state index contributed by atoms with van der Waals surface area (Å²) in [5.74, 6) is -0.0487. The molecule has 1 aliphatic rings. The molecular formula is C22H14Br2N2O. The van der Waals surface area contributed by atoms with Crippen LogP contribution in [0.2, 0.25) is 0 Å². The number of hydrogen-bond acceptors (Lipinski definition) is 3. The molecule has 0 aromatic heterocycles. The summed E-state index contributed by atoms with van der Waals surface area (Å²) in [6.07, 6.45) is 1.81. The summed E-state index contributed by atoms with van der Waals surface area (Å²) in [4.78, 5) is 17.8. The number of rotatable bonds is 3. The highest BCUT2D eigenvalue weighted by atomic mass is 79.9. The standard InChI is InChI=1S/C22H14Br2N2O/c23-16-9-3-5-11-18(16)25-20-13-21(26-19-12-6-4-10-17(19)24)22(27)15-8-2-1-7-14(15)20/h1-13,26H. The number of carbonyl (C=O) groups excluding carboxylic acids is 1. The van der Waals surface area contributed by atoms with Gasteiger partial charge in [0.15, 0.2) is 0 Å². The van der Waals surface area contributed by atoms with Gasteiger partial charge in [0.1, 0.15) is 0 Å². The third-order valence-corrected chi connectivity index (χ3v) is 5.57. The van der Waals surface area contributed by atoms with E-state index >= 15 is 0 Å². The normalized spacial score (nSPS) is 14.7. The maximum atomic E-state index is 13.0. The lowest BCUT2D eigenvalue weighted by Gasteiger charge is -2.19. The Hall–Kier alpha value is -2.50. The van der Waals surface area contributed by atoms with Crippen LogP contribution < -0.4 is 5.32 Å². The zero-order valence-electron chi connectivity index (χ0n) is 14.1. The van der Waals surface area contributed by atoms with Crippen molar-refractivity contribution in [2.24, 2.45) is 4.99 Å². The molecular weight excluding hydrogens is 468 g/mol. The van der Waals surface area contributed by atoms with Crippen LogP contribution in [-0.4, -0.2) is 11.5 Å². The summed E-state index contributed by atoms with van der Waals surface area (Å²) in [5, 5.41) is 3.24. The van der Waals surface area contributed by atoms with Crippen LogP contribution in [0, 0.1) is 0 Å². The van der Waals surface area contributed by atoms with Gasteiger partial charge in [0.2, 0.25) is 5.78 Å². The predicted molar refractivity (Wildman–Crippen MR) is 117 cm³/mol. The first-order chi connectivity index (χ1) is 13.1. The number of fused-ring (bicyclic) bond motifs is 1. The van der Waals surface area contributed by atoms with E-state index in [1.165, 1.54) is 0 Å². The first kappa shape index (κ1) is 17.9. The third kappa shape index (κ3) is 3.66. The van der Waals surface area contributed by atoms with Gasteiger partial charge in [-0.2, -0.15) is 0 Å². The van der Waals surface area contributed by atoms with Crippen LogP contribution in [0.4, 0.5) is 11.4 Å². The molecule has 0 unspecified atom stereocenters. The Morgan fingerprint density at radius 1 is 0.741 bits per heavy atom. The lowest BCUT2D eigenvalue weighted by molar-refractivity contribution is 0.103. The molecule has 0 saturated carbocycles. The maximum absolute atomic E-state index is 13.0. The van der Waals surface area contributed by atoms with Gasteiger partial charge in [-0.3, -0.25) is 4.79 Å². The van der Waals surface area contributed by atoms with Gasteiger partial charge in [0.25, 0.3) is 0 Å². The van der Waals surface area contributed by atoms with Crippen molar-refractivity contribution < 1.29 is 4.79 Å². The molecule has 0 spiro atoms. The van der Waals surface area contributed by atoms with Crippen molar-refractivity contribution >= 4 is 54.7 Å². The van der Waals surface area contributed by atoms with Gasteiger partial charge in [-0.05, 0) is 62.2 Å². The van der Waals surface area contributed by atoms with Crippen molar-refractivity contribution in [2.45, 2.75) is 0 Å². The summed E-state index contributed by atoms with van der Waals surface area (Å²) in [6, 6.07) is 23.0. The molecule has 132 valence electrons. The third-order valence-electron chi connectivity index (χ3n) is 4.21. The summed E-state index contributed by atoms with van der Waals surface area (Å²) in [7, 11) is 0. The van der Waals surface area contributed by atoms with E-state index in [0.29, 0.717) is 11.3 Å². The van der Waals surface area contributed by atoms with Crippen LogP contribution in [-0.2, 0) is 0 Å². The monoisotopic (exact) mass is 480 g/mol. The first-order valence-corrected chi connectivity index (χ1v) is 9.92. The van der Waals surface area contributed by atoms with Crippen molar-refractivity contribution in [3.8, 4) is 0 Å². The number of hydrogen-bond donors (Lipinski definition) is 1. The van der Waals surface area contributed by atoms with Crippen LogP contribution in [0.15, 0.2) is 98.5 Å². The van der Waals surface area contributed by atoms with Gasteiger partial charge in [0.05, 0.1) is 22.8 Å². The number of halogens is 2. The molecule has 4 rings (SSSR count). The highest BCUT2D eigenvalue weighted by molar-refractivity contribution is 9.11. The number of allylic oxidation sites excluding steroid dienone is 2. The fraction of sp³-hybridized carbons (Fsp3) is 0. The highest BCUT2D eigenvalue weighted by Crippen LogP contribution is 2.30. The molecule has 0 aliphatic heterocycles. The Balaban J connectivity index is 1.83. The average molecular weight is 482 g/mol. The van der Waals surface area contributed by atoms with Gasteiger partial charge in [-0.15, -0.1) is 0 Å². The fourth-order valence-corrected chi connectivity index (χ4v) is 3.65. The van der Waals surface area contributed by atoms with E-state index in [4.69, 9.17) is 4.99 Å². The molecule has 3 aromatic rings. The minimum atomic E-state index is -0.0487. The van der Waals surface area contributed by atoms with Crippen molar-refractivity contribution in [2.75, 3.05) is 5.32 Å². The molecule has 0 amide bonds. The molecule has 0 saturated heterocycles. The molecule has 1 aliphatic carbocycles. The van der Waals surface area contributed by atoms with Crippen LogP contribution in [0.5, 0.6) is 0 Å². The minimum absolute atomic E-state index is 0.0487. The number of anilines is 1. The second-order valence-corrected chi connectivity index (χ2v) is 7.69. The lowest BCUT2D eigenvalue weighted by Crippen LogP contribution is -2.22. The molecule has 27 heavy (non-hydrogen) atoms. The number of nitrogens with zero attached hydrogens (tertiary/aromatic N) is 1. The molecule has 5 heteroatoms. The summed E-state index contributed by atoms with van der Waals surface area (Å²) in [5.41, 5.74) is 4.35. The number of Topliss-reactive ketones (excluding diaryl/α,β-unsaturated/α-hetero) is 1. The van der Waals surface area contributed by atoms with E-state index in [2.05, 4.69) is 37.2 Å². The van der Waals surface area contributed by atoms with E-state index in [1.807, 2.05) is 78.9 Å². The Morgan fingerprint density at radius 3 is 2.11 bits per heavy atom. The van der Waals surface area contributed by atoms with Crippen molar-refractivity contribution in [1.29, 1.82) is 0 Å². The summed E-state index contributed by atoms with van der Waals surface area (Å²) < 4.78 is 1.79. The fourth-order valence-electron chi connectivity index (χ4n) is 2.89. The van der Waals surface area contributed by atoms with E-state index in [-0.39, 0.29) is 5.78 Å². The maximum Gasteiger partial charge on any atom is 0.209 e. The van der Waals surface area contributed by atoms with Crippen LogP contribution in [0.25, 0.3) is 0 Å². The molecule has 0 heterocycles. The van der Waals surface area contributed by atoms with Gasteiger partial charge < -0.3 is 5.32 Å². The number of ketones is 1. The number of para-hydroxylation sites is 2. The second kappa shape index (κ2) is 7.62.